The number of nitrogens with zero attached hydrogens (tertiary/aromatic N) is 4. The maximum atomic E-state index is 12.7. The highest BCUT2D eigenvalue weighted by molar-refractivity contribution is 6.28. The number of aromatic nitrogens is 3. The van der Waals surface area contributed by atoms with Crippen LogP contribution in [-0.4, -0.2) is 46.2 Å². The van der Waals surface area contributed by atoms with E-state index in [0.29, 0.717) is 0 Å². The Hall–Kier alpha value is -1.45. The second-order valence-corrected chi connectivity index (χ2v) is 4.69. The SMILES string of the molecule is C[C@@H](Nc1nc(Cl)nc(N2CC(F)(F)C2)n1)C(F)(F)F. The summed E-state index contributed by atoms with van der Waals surface area (Å²) in [6.45, 7) is -0.349. The Morgan fingerprint density at radius 3 is 2.35 bits per heavy atom. The van der Waals surface area contributed by atoms with Gasteiger partial charge in [0.1, 0.15) is 6.04 Å². The highest BCUT2D eigenvalue weighted by Gasteiger charge is 2.45. The predicted molar refractivity (Wildman–Crippen MR) is 61.1 cm³/mol. The summed E-state index contributed by atoms with van der Waals surface area (Å²) in [6, 6.07) is -1.91. The zero-order valence-electron chi connectivity index (χ0n) is 10.0. The van der Waals surface area contributed by atoms with Gasteiger partial charge in [-0.1, -0.05) is 0 Å². The van der Waals surface area contributed by atoms with E-state index in [9.17, 15) is 22.0 Å². The summed E-state index contributed by atoms with van der Waals surface area (Å²) in [6.07, 6.45) is -4.50. The molecule has 0 amide bonds. The van der Waals surface area contributed by atoms with Gasteiger partial charge in [0.25, 0.3) is 5.92 Å². The fourth-order valence-electron chi connectivity index (χ4n) is 1.47. The molecule has 0 spiro atoms. The Morgan fingerprint density at radius 2 is 1.85 bits per heavy atom. The van der Waals surface area contributed by atoms with Gasteiger partial charge < -0.3 is 10.2 Å². The average Bonchev–Trinajstić information content (AvgIpc) is 2.23. The minimum absolute atomic E-state index is 0.187. The minimum Gasteiger partial charge on any atom is -0.343 e. The molecule has 1 aromatic rings. The molecule has 1 N–H and O–H groups in total. The molecule has 11 heteroatoms. The zero-order valence-corrected chi connectivity index (χ0v) is 10.8. The van der Waals surface area contributed by atoms with E-state index in [1.54, 1.807) is 0 Å². The van der Waals surface area contributed by atoms with Crippen molar-refractivity contribution >= 4 is 23.5 Å². The van der Waals surface area contributed by atoms with Gasteiger partial charge in [0.2, 0.25) is 17.2 Å². The van der Waals surface area contributed by atoms with E-state index in [-0.39, 0.29) is 11.2 Å². The molecule has 112 valence electrons. The molecule has 1 saturated heterocycles. The standard InChI is InChI=1S/C9H9ClF5N5/c1-4(9(13,14)15)16-6-17-5(10)18-7(19-6)20-2-8(11,12)3-20/h4H,2-3H2,1H3,(H,16,17,18,19)/t4-/m1/s1. The van der Waals surface area contributed by atoms with Gasteiger partial charge >= 0.3 is 6.18 Å². The van der Waals surface area contributed by atoms with Crippen LogP contribution in [0.4, 0.5) is 33.8 Å². The predicted octanol–water partition coefficient (Wildman–Crippen LogP) is 2.34. The molecular formula is C9H9ClF5N5. The van der Waals surface area contributed by atoms with Crippen molar-refractivity contribution in [1.29, 1.82) is 0 Å². The van der Waals surface area contributed by atoms with E-state index in [1.165, 1.54) is 0 Å². The van der Waals surface area contributed by atoms with Crippen LogP contribution in [0.1, 0.15) is 6.92 Å². The van der Waals surface area contributed by atoms with Crippen molar-refractivity contribution in [2.75, 3.05) is 23.3 Å². The highest BCUT2D eigenvalue weighted by atomic mass is 35.5. The lowest BCUT2D eigenvalue weighted by atomic mass is 10.2. The van der Waals surface area contributed by atoms with Crippen LogP contribution in [0.25, 0.3) is 0 Å². The number of anilines is 2. The lowest BCUT2D eigenvalue weighted by Crippen LogP contribution is -2.57. The van der Waals surface area contributed by atoms with Crippen molar-refractivity contribution in [2.24, 2.45) is 0 Å². The number of alkyl halides is 5. The molecule has 0 aromatic carbocycles. The second kappa shape index (κ2) is 4.83. The third kappa shape index (κ3) is 3.35. The first kappa shape index (κ1) is 14.9. The minimum atomic E-state index is -4.50. The summed E-state index contributed by atoms with van der Waals surface area (Å²) in [4.78, 5) is 11.8. The summed E-state index contributed by atoms with van der Waals surface area (Å²) in [5.74, 6) is -3.46. The molecule has 1 fully saturated rings. The van der Waals surface area contributed by atoms with Crippen molar-refractivity contribution in [2.45, 2.75) is 25.1 Å². The number of nitrogens with one attached hydrogen (secondary N) is 1. The van der Waals surface area contributed by atoms with Crippen LogP contribution in [0.3, 0.4) is 0 Å². The summed E-state index contributed by atoms with van der Waals surface area (Å²) in [5.41, 5.74) is 0. The molecule has 0 unspecified atom stereocenters. The number of hydrogen-bond donors (Lipinski definition) is 1. The maximum absolute atomic E-state index is 12.7. The van der Waals surface area contributed by atoms with E-state index in [2.05, 4.69) is 15.0 Å². The Balaban J connectivity index is 2.13. The number of rotatable bonds is 3. The lowest BCUT2D eigenvalue weighted by molar-refractivity contribution is -0.138. The van der Waals surface area contributed by atoms with Crippen LogP contribution in [-0.2, 0) is 0 Å². The monoisotopic (exact) mass is 317 g/mol. The van der Waals surface area contributed by atoms with Crippen LogP contribution in [0.2, 0.25) is 5.28 Å². The van der Waals surface area contributed by atoms with Crippen LogP contribution < -0.4 is 10.2 Å². The van der Waals surface area contributed by atoms with Crippen molar-refractivity contribution < 1.29 is 22.0 Å². The molecule has 0 radical (unpaired) electrons. The molecule has 1 aliphatic rings. The molecule has 0 saturated carbocycles. The van der Waals surface area contributed by atoms with E-state index in [4.69, 9.17) is 11.6 Å². The van der Waals surface area contributed by atoms with Crippen LogP contribution in [0, 0.1) is 0 Å². The van der Waals surface area contributed by atoms with Crippen LogP contribution in [0.5, 0.6) is 0 Å². The quantitative estimate of drug-likeness (QED) is 0.867. The van der Waals surface area contributed by atoms with Gasteiger partial charge in [0, 0.05) is 0 Å². The molecule has 5 nitrogen and oxygen atoms in total. The Labute approximate surface area is 115 Å². The number of hydrogen-bond acceptors (Lipinski definition) is 5. The Kier molecular flexibility index (Phi) is 3.61. The van der Waals surface area contributed by atoms with Crippen molar-refractivity contribution in [3.63, 3.8) is 0 Å². The summed E-state index contributed by atoms with van der Waals surface area (Å²) in [5, 5.41) is 1.63. The maximum Gasteiger partial charge on any atom is 0.408 e. The largest absolute Gasteiger partial charge is 0.408 e. The topological polar surface area (TPSA) is 53.9 Å². The van der Waals surface area contributed by atoms with Crippen molar-refractivity contribution in [3.8, 4) is 0 Å². The third-order valence-electron chi connectivity index (χ3n) is 2.56. The summed E-state index contributed by atoms with van der Waals surface area (Å²) < 4.78 is 62.7. The molecular weight excluding hydrogens is 309 g/mol. The molecule has 2 heterocycles. The Morgan fingerprint density at radius 1 is 1.25 bits per heavy atom. The van der Waals surface area contributed by atoms with Crippen LogP contribution in [0.15, 0.2) is 0 Å². The highest BCUT2D eigenvalue weighted by Crippen LogP contribution is 2.30. The van der Waals surface area contributed by atoms with E-state index >= 15 is 0 Å². The van der Waals surface area contributed by atoms with E-state index < -0.39 is 37.2 Å². The van der Waals surface area contributed by atoms with Gasteiger partial charge in [0.15, 0.2) is 0 Å². The van der Waals surface area contributed by atoms with Gasteiger partial charge in [-0.2, -0.15) is 28.1 Å². The first-order valence-electron chi connectivity index (χ1n) is 5.44. The molecule has 0 bridgehead atoms. The van der Waals surface area contributed by atoms with Gasteiger partial charge in [-0.25, -0.2) is 8.78 Å². The average molecular weight is 318 g/mol. The van der Waals surface area contributed by atoms with Gasteiger partial charge in [-0.3, -0.25) is 0 Å². The molecule has 0 aliphatic carbocycles. The molecule has 2 rings (SSSR count). The Bertz CT molecular complexity index is 500. The second-order valence-electron chi connectivity index (χ2n) is 4.35. The van der Waals surface area contributed by atoms with Gasteiger partial charge in [0.05, 0.1) is 13.1 Å². The van der Waals surface area contributed by atoms with Crippen molar-refractivity contribution in [1.82, 2.24) is 15.0 Å². The van der Waals surface area contributed by atoms with Gasteiger partial charge in [-0.15, -0.1) is 0 Å². The van der Waals surface area contributed by atoms with Crippen molar-refractivity contribution in [3.05, 3.63) is 5.28 Å². The zero-order chi connectivity index (χ0) is 15.1. The number of halogens is 6. The third-order valence-corrected chi connectivity index (χ3v) is 2.73. The van der Waals surface area contributed by atoms with E-state index in [1.807, 2.05) is 5.32 Å². The first-order valence-corrected chi connectivity index (χ1v) is 5.82. The normalized spacial score (nSPS) is 19.4. The summed E-state index contributed by atoms with van der Waals surface area (Å²) >= 11 is 5.55. The lowest BCUT2D eigenvalue weighted by Gasteiger charge is -2.38. The molecule has 1 aromatic heterocycles. The molecule has 20 heavy (non-hydrogen) atoms. The fourth-order valence-corrected chi connectivity index (χ4v) is 1.63. The molecule has 1 aliphatic heterocycles. The molecule has 1 atom stereocenters. The van der Waals surface area contributed by atoms with Gasteiger partial charge in [-0.05, 0) is 18.5 Å². The fraction of sp³-hybridized carbons (Fsp3) is 0.667. The van der Waals surface area contributed by atoms with Crippen LogP contribution >= 0.6 is 11.6 Å². The summed E-state index contributed by atoms with van der Waals surface area (Å²) in [7, 11) is 0. The smallest absolute Gasteiger partial charge is 0.343 e. The first-order chi connectivity index (χ1) is 9.07. The van der Waals surface area contributed by atoms with E-state index in [0.717, 1.165) is 11.8 Å².